The largest absolute Gasteiger partial charge is 0.508 e. The van der Waals surface area contributed by atoms with Crippen molar-refractivity contribution < 1.29 is 169 Å². The van der Waals surface area contributed by atoms with Crippen molar-refractivity contribution in [3.8, 4) is 69.5 Å². The second-order valence-corrected chi connectivity index (χ2v) is 39.8. The van der Waals surface area contributed by atoms with Crippen LogP contribution in [0.1, 0.15) is 94.5 Å². The standard InChI is InChI=1S/C42H36N5O18P3.C22H21F3N6O4.C20H25N6O12P3/c48-23-60-34-14-9-26(15-31(34)39-29-12-10-27(49)16-35(29)62-36-17-28(50)11-13-30(36)39)32(51)4-2-1-3-24-5-7-25(8-6-24)19-43-41-40-42(45-21-44-41)47(22-46-40)38-18-33(52)37(63-38)20-61-67(56,57)65-68(58,59)64-66(53,54)55;23-22(24,25)21(34)26-7-1-2-13-3-5-14(6-4-13)9-27-19-18-20(29-11-28-19)31(12-30-18)17-8-15(33)16(10-32)35-17;21-7-1-2-13-3-5-14(6-4-13)9-22-19-18-20(24-11-23-19)26(12-25-18)17-8-15(27)16(36-17)10-35-40(31,32)38-41(33,34)37-39(28,29)30/h5-17,21-23,33,37-38,49,52H,2,4,18-20H2,(H,56,57)(H,58,59)(H,43,44,45)(H2,53,54,55);3-6,11-12,15-17,32-33H,7-10H2,(H,26,34)(H,27,28,29);3-6,11-12,15-17,27H,7-10,21H2,(H,31,32)(H,33,34)(H,22,23,24)(H2,28,29,30)/t33?,37-,38-;2*15?,16-,17-/m111/s1. The zero-order chi connectivity index (χ0) is 103. The van der Waals surface area contributed by atoms with Crippen LogP contribution in [0.3, 0.4) is 0 Å². The Morgan fingerprint density at radius 3 is 1.38 bits per heavy atom. The Bertz CT molecular complexity index is 7460. The maximum atomic E-state index is 13.5. The van der Waals surface area contributed by atoms with E-state index in [2.05, 4.69) is 123 Å². The first-order valence-electron chi connectivity index (χ1n) is 42.0. The first-order chi connectivity index (χ1) is 68.4. The van der Waals surface area contributed by atoms with Crippen molar-refractivity contribution in [1.82, 2.24) is 63.9 Å². The number of aliphatic hydroxyl groups is 4. The summed E-state index contributed by atoms with van der Waals surface area (Å²) in [7, 11) is -33.3. The lowest BCUT2D eigenvalue weighted by Gasteiger charge is -2.19. The van der Waals surface area contributed by atoms with E-state index in [0.717, 1.165) is 22.3 Å². The van der Waals surface area contributed by atoms with Crippen LogP contribution in [0.4, 0.5) is 30.6 Å². The SMILES string of the molecule is NCC#Cc1ccc(CNc2ncnc3c2ncn3[C@H]2CC(O)[C@@H](COP(=O)(O)OP(=O)(O)OP(=O)(O)O)O2)cc1.O=C(NCC#Cc1ccc(CNc2ncnc3c2ncn3[C@H]2CC(O)[C@@H](CO)O2)cc1)C(F)(F)F.O=COc1ccc(C(=O)CCC#Cc2ccc(CNc3ncnc4c3ncn4[C@H]3CC(O)[C@@H](COP(=O)(O)OP(=O)(O)OP(=O)(O)O)O3)cc2)cc1-c1c2ccc(=O)cc-2oc2cc(O)ccc12. The normalized spacial score (nSPS) is 19.5. The maximum absolute atomic E-state index is 13.5. The number of alkyl halides is 3. The van der Waals surface area contributed by atoms with Crippen LogP contribution < -0.4 is 37.2 Å². The third kappa shape index (κ3) is 28.5. The highest BCUT2D eigenvalue weighted by molar-refractivity contribution is 7.67. The molecule has 3 fully saturated rings. The number of phenolic OH excluding ortho intramolecular Hbond substituents is 1. The first-order valence-corrected chi connectivity index (χ1v) is 51.1. The number of carbonyl (C=O) groups excluding carboxylic acids is 3. The summed E-state index contributed by atoms with van der Waals surface area (Å²) in [5, 5.41) is 62.2. The topological polar surface area (TPSA) is 744 Å². The molecule has 16 rings (SSSR count). The molecule has 10 heterocycles. The molecule has 13 atom stereocenters. The summed E-state index contributed by atoms with van der Waals surface area (Å²) in [6, 6.07) is 35.3. The average molecular weight is 2120 g/mol. The van der Waals surface area contributed by atoms with Crippen LogP contribution in [0.25, 0.3) is 66.9 Å². The van der Waals surface area contributed by atoms with Crippen LogP contribution in [-0.4, -0.2) is 217 Å². The fourth-order valence-corrected chi connectivity index (χ4v) is 20.6. The minimum atomic E-state index is -5.73. The zero-order valence-corrected chi connectivity index (χ0v) is 79.1. The molecule has 1 aliphatic carbocycles. The molecule has 19 N–H and O–H groups in total. The number of ketones is 1. The number of halogens is 3. The van der Waals surface area contributed by atoms with E-state index >= 15 is 0 Å². The van der Waals surface area contributed by atoms with E-state index in [1.807, 2.05) is 48.5 Å². The number of nitrogens with two attached hydrogens (primary N) is 1. The molecule has 144 heavy (non-hydrogen) atoms. The first kappa shape index (κ1) is 107. The predicted octanol–water partition coefficient (Wildman–Crippen LogP) is 7.41. The lowest BCUT2D eigenvalue weighted by atomic mass is 9.91. The summed E-state index contributed by atoms with van der Waals surface area (Å²) in [6.07, 6.45) is -4.76. The number of aromatic hydroxyl groups is 1. The number of phosphoric acid groups is 6. The van der Waals surface area contributed by atoms with Crippen molar-refractivity contribution in [2.45, 2.75) is 113 Å². The Balaban J connectivity index is 0.000000184. The molecular weight excluding hydrogens is 2030 g/mol. The van der Waals surface area contributed by atoms with Gasteiger partial charge in [-0.3, -0.25) is 41.9 Å². The number of benzene rings is 6. The van der Waals surface area contributed by atoms with Crippen LogP contribution in [0, 0.1) is 35.5 Å². The van der Waals surface area contributed by atoms with Gasteiger partial charge in [0, 0.05) is 108 Å². The van der Waals surface area contributed by atoms with E-state index in [-0.39, 0.29) is 79.4 Å². The summed E-state index contributed by atoms with van der Waals surface area (Å²) in [5.41, 5.74) is 14.4. The highest BCUT2D eigenvalue weighted by Gasteiger charge is 2.47. The number of carbonyl (C=O) groups is 3. The molecule has 5 aromatic carbocycles. The Morgan fingerprint density at radius 1 is 0.521 bits per heavy atom. The number of imidazole rings is 3. The third-order valence-electron chi connectivity index (χ3n) is 21.0. The number of hydrogen-bond donors (Lipinski definition) is 18. The number of phenols is 1. The van der Waals surface area contributed by atoms with E-state index in [4.69, 9.17) is 48.7 Å². The van der Waals surface area contributed by atoms with Gasteiger partial charge in [0.2, 0.25) is 0 Å². The van der Waals surface area contributed by atoms with E-state index in [1.165, 1.54) is 71.1 Å². The summed E-state index contributed by atoms with van der Waals surface area (Å²) in [6.45, 7) is -0.661. The summed E-state index contributed by atoms with van der Waals surface area (Å²) in [5.74, 6) is 16.4. The highest BCUT2D eigenvalue weighted by atomic mass is 31.3. The number of aliphatic hydroxyl groups excluding tert-OH is 4. The second kappa shape index (κ2) is 46.1. The van der Waals surface area contributed by atoms with Gasteiger partial charge in [0.05, 0.1) is 70.2 Å². The van der Waals surface area contributed by atoms with Crippen LogP contribution in [0.5, 0.6) is 11.5 Å². The summed E-state index contributed by atoms with van der Waals surface area (Å²) < 4.78 is 162. The predicted molar refractivity (Wildman–Crippen MR) is 493 cm³/mol. The third-order valence-corrected chi connectivity index (χ3v) is 28.6. The van der Waals surface area contributed by atoms with Crippen molar-refractivity contribution in [3.05, 3.63) is 215 Å². The molecule has 3 saturated heterocycles. The number of hydrogen-bond acceptors (Lipinski definition) is 39. The van der Waals surface area contributed by atoms with Gasteiger partial charge < -0.3 is 115 Å². The van der Waals surface area contributed by atoms with Gasteiger partial charge in [-0.1, -0.05) is 71.9 Å². The number of anilines is 3. The fraction of sp³-hybridized carbons (Fsp3) is 0.274. The van der Waals surface area contributed by atoms with Gasteiger partial charge in [-0.2, -0.15) is 30.4 Å². The van der Waals surface area contributed by atoms with Gasteiger partial charge in [-0.05, 0) is 95.6 Å². The Labute approximate surface area is 808 Å². The van der Waals surface area contributed by atoms with Crippen molar-refractivity contribution in [1.29, 1.82) is 0 Å². The minimum Gasteiger partial charge on any atom is -0.508 e. The number of ether oxygens (including phenoxy) is 4. The molecule has 0 bridgehead atoms. The molecule has 7 unspecified atom stereocenters. The number of amides is 1. The Morgan fingerprint density at radius 2 is 0.958 bits per heavy atom. The molecule has 0 saturated carbocycles. The monoisotopic (exact) mass is 2120 g/mol. The molecule has 758 valence electrons. The molecule has 60 heteroatoms. The van der Waals surface area contributed by atoms with Gasteiger partial charge >= 0.3 is 59.0 Å². The second-order valence-electron chi connectivity index (χ2n) is 31.0. The number of rotatable bonds is 34. The van der Waals surface area contributed by atoms with Gasteiger partial charge in [0.1, 0.15) is 78.8 Å². The fourth-order valence-electron chi connectivity index (χ4n) is 14.5. The molecule has 51 nitrogen and oxygen atoms in total. The van der Waals surface area contributed by atoms with Crippen LogP contribution in [0.2, 0.25) is 0 Å². The lowest BCUT2D eigenvalue weighted by molar-refractivity contribution is -0.173. The van der Waals surface area contributed by atoms with Gasteiger partial charge in [0.25, 0.3) is 6.47 Å². The molecule has 11 aromatic rings. The molecular formula is C84H82F3N17O34P6. The number of nitrogens with one attached hydrogen (secondary N) is 4. The van der Waals surface area contributed by atoms with E-state index in [9.17, 15) is 105 Å². The summed E-state index contributed by atoms with van der Waals surface area (Å²) in [4.78, 5) is 159. The van der Waals surface area contributed by atoms with Crippen LogP contribution in [-0.2, 0) is 97.1 Å². The minimum absolute atomic E-state index is 0.0119. The number of Topliss-reactive ketones (excluding diaryl/α,β-unsaturated/α-hetero) is 1. The van der Waals surface area contributed by atoms with Crippen LogP contribution >= 0.6 is 46.9 Å². The van der Waals surface area contributed by atoms with Crippen LogP contribution in [0.15, 0.2) is 175 Å². The molecule has 4 aliphatic heterocycles. The zero-order valence-electron chi connectivity index (χ0n) is 73.7. The molecule has 1 amide bonds. The number of phosphoric ester groups is 2. The van der Waals surface area contributed by atoms with Crippen molar-refractivity contribution in [3.63, 3.8) is 0 Å². The molecule has 0 spiro atoms. The van der Waals surface area contributed by atoms with Gasteiger partial charge in [0.15, 0.2) is 62.2 Å². The summed E-state index contributed by atoms with van der Waals surface area (Å²) >= 11 is 0. The van der Waals surface area contributed by atoms with E-state index < -0.39 is 134 Å². The highest BCUT2D eigenvalue weighted by Crippen LogP contribution is 2.68. The maximum Gasteiger partial charge on any atom is 0.490 e. The molecule has 5 aliphatic rings. The van der Waals surface area contributed by atoms with E-state index in [1.54, 1.807) is 64.7 Å². The van der Waals surface area contributed by atoms with Crippen molar-refractivity contribution in [2.75, 3.05) is 48.9 Å². The van der Waals surface area contributed by atoms with E-state index in [0.29, 0.717) is 116 Å². The number of aromatic nitrogens is 12. The molecule has 6 aromatic heterocycles. The quantitative estimate of drug-likeness (QED) is 0.00613. The van der Waals surface area contributed by atoms with Gasteiger partial charge in [-0.25, -0.2) is 72.2 Å². The smallest absolute Gasteiger partial charge is 0.490 e. The van der Waals surface area contributed by atoms with Gasteiger partial charge in [-0.15, -0.1) is 0 Å². The Kier molecular flexibility index (Phi) is 34.2. The average Bonchev–Trinajstić information content (AvgIpc) is 1.32. The number of nitrogens with zero attached hydrogens (tertiary/aromatic N) is 12. The number of fused-ring (bicyclic) bond motifs is 5. The van der Waals surface area contributed by atoms with Crippen molar-refractivity contribution >= 4 is 127 Å². The molecule has 0 radical (unpaired) electrons. The lowest BCUT2D eigenvalue weighted by Crippen LogP contribution is -2.36. The van der Waals surface area contributed by atoms with Crippen molar-refractivity contribution in [2.24, 2.45) is 5.73 Å². The Hall–Kier alpha value is -12.8.